The summed E-state index contributed by atoms with van der Waals surface area (Å²) in [5, 5.41) is 4.85. The van der Waals surface area contributed by atoms with Gasteiger partial charge in [-0.25, -0.2) is 4.79 Å². The number of aromatic nitrogens is 1. The van der Waals surface area contributed by atoms with Gasteiger partial charge in [-0.05, 0) is 49.1 Å². The maximum Gasteiger partial charge on any atom is 0.419 e. The number of oxazole rings is 1. The summed E-state index contributed by atoms with van der Waals surface area (Å²) in [6, 6.07) is 18.7. The van der Waals surface area contributed by atoms with Crippen LogP contribution in [0, 0.1) is 0 Å². The van der Waals surface area contributed by atoms with Gasteiger partial charge in [0, 0.05) is 24.3 Å². The molecule has 0 spiro atoms. The molecule has 0 saturated carbocycles. The number of nitrogens with one attached hydrogen (secondary N) is 1. The third kappa shape index (κ3) is 3.42. The highest BCUT2D eigenvalue weighted by Crippen LogP contribution is 2.22. The molecule has 1 amide bonds. The maximum absolute atomic E-state index is 12.9. The fourth-order valence-corrected chi connectivity index (χ4v) is 3.27. The Kier molecular flexibility index (Phi) is 4.71. The van der Waals surface area contributed by atoms with E-state index in [9.17, 15) is 9.59 Å². The molecule has 3 aromatic carbocycles. The molecule has 0 aliphatic heterocycles. The van der Waals surface area contributed by atoms with Crippen molar-refractivity contribution in [3.05, 3.63) is 76.8 Å². The summed E-state index contributed by atoms with van der Waals surface area (Å²) in [5.41, 5.74) is 2.40. The van der Waals surface area contributed by atoms with Gasteiger partial charge in [-0.3, -0.25) is 9.36 Å². The number of hydrogen-bond donors (Lipinski definition) is 1. The maximum atomic E-state index is 12.9. The van der Waals surface area contributed by atoms with Crippen molar-refractivity contribution in [2.75, 3.05) is 26.0 Å². The molecule has 4 aromatic rings. The van der Waals surface area contributed by atoms with Gasteiger partial charge in [0.2, 0.25) is 0 Å². The van der Waals surface area contributed by atoms with Gasteiger partial charge in [0.05, 0.1) is 5.52 Å². The molecule has 142 valence electrons. The van der Waals surface area contributed by atoms with Gasteiger partial charge in [0.25, 0.3) is 5.91 Å². The summed E-state index contributed by atoms with van der Waals surface area (Å²) < 4.78 is 6.90. The van der Waals surface area contributed by atoms with Crippen LogP contribution >= 0.6 is 0 Å². The van der Waals surface area contributed by atoms with Crippen molar-refractivity contribution in [1.29, 1.82) is 0 Å². The van der Waals surface area contributed by atoms with Crippen LogP contribution in [0.2, 0.25) is 0 Å². The lowest BCUT2D eigenvalue weighted by Gasteiger charge is -2.10. The number of nitrogens with zero attached hydrogens (tertiary/aromatic N) is 2. The number of carbonyl (C=O) groups is 1. The van der Waals surface area contributed by atoms with Gasteiger partial charge >= 0.3 is 5.76 Å². The summed E-state index contributed by atoms with van der Waals surface area (Å²) in [6.45, 7) is 1.22. The van der Waals surface area contributed by atoms with Crippen LogP contribution in [-0.4, -0.2) is 36.0 Å². The van der Waals surface area contributed by atoms with Gasteiger partial charge in [0.15, 0.2) is 5.58 Å². The SMILES string of the molecule is CN(C)CCn1c(=O)oc2ccc(NC(=O)c3cccc4ccccc34)cc21. The molecule has 0 saturated heterocycles. The number of anilines is 1. The number of rotatable bonds is 5. The van der Waals surface area contributed by atoms with E-state index in [1.165, 1.54) is 0 Å². The number of likely N-dealkylation sites (N-methyl/N-ethyl adjacent to an activating group) is 1. The van der Waals surface area contributed by atoms with Crippen molar-refractivity contribution >= 4 is 33.5 Å². The van der Waals surface area contributed by atoms with Crippen molar-refractivity contribution in [3.63, 3.8) is 0 Å². The van der Waals surface area contributed by atoms with E-state index in [0.717, 1.165) is 10.8 Å². The van der Waals surface area contributed by atoms with Crippen LogP contribution < -0.4 is 11.1 Å². The zero-order valence-corrected chi connectivity index (χ0v) is 15.8. The van der Waals surface area contributed by atoms with Crippen LogP contribution in [0.25, 0.3) is 21.9 Å². The number of amides is 1. The first-order valence-electron chi connectivity index (χ1n) is 9.10. The van der Waals surface area contributed by atoms with E-state index in [4.69, 9.17) is 4.42 Å². The van der Waals surface area contributed by atoms with Crippen LogP contribution in [0.15, 0.2) is 69.9 Å². The van der Waals surface area contributed by atoms with Crippen LogP contribution in [0.3, 0.4) is 0 Å². The Bertz CT molecular complexity index is 1220. The first kappa shape index (κ1) is 18.0. The van der Waals surface area contributed by atoms with Crippen LogP contribution in [-0.2, 0) is 6.54 Å². The van der Waals surface area contributed by atoms with Gasteiger partial charge in [0.1, 0.15) is 0 Å². The average Bonchev–Trinajstić information content (AvgIpc) is 3.00. The molecule has 0 unspecified atom stereocenters. The predicted molar refractivity (Wildman–Crippen MR) is 111 cm³/mol. The lowest BCUT2D eigenvalue weighted by atomic mass is 10.0. The van der Waals surface area contributed by atoms with E-state index in [0.29, 0.717) is 35.4 Å². The fourth-order valence-electron chi connectivity index (χ4n) is 3.27. The second-order valence-electron chi connectivity index (χ2n) is 6.99. The molecule has 0 atom stereocenters. The number of benzene rings is 3. The molecule has 1 N–H and O–H groups in total. The van der Waals surface area contributed by atoms with Crippen molar-refractivity contribution in [2.24, 2.45) is 0 Å². The largest absolute Gasteiger partial charge is 0.419 e. The Morgan fingerprint density at radius 2 is 1.86 bits per heavy atom. The smallest absolute Gasteiger partial charge is 0.408 e. The molecule has 6 heteroatoms. The Morgan fingerprint density at radius 3 is 2.68 bits per heavy atom. The molecule has 28 heavy (non-hydrogen) atoms. The van der Waals surface area contributed by atoms with Gasteiger partial charge < -0.3 is 14.6 Å². The third-order valence-electron chi connectivity index (χ3n) is 4.73. The Labute approximate surface area is 162 Å². The Morgan fingerprint density at radius 1 is 1.07 bits per heavy atom. The summed E-state index contributed by atoms with van der Waals surface area (Å²) in [7, 11) is 3.90. The fraction of sp³-hybridized carbons (Fsp3) is 0.182. The highest BCUT2D eigenvalue weighted by atomic mass is 16.4. The molecular formula is C22H21N3O3. The summed E-state index contributed by atoms with van der Waals surface area (Å²) in [4.78, 5) is 27.0. The van der Waals surface area contributed by atoms with E-state index in [1.54, 1.807) is 28.8 Å². The highest BCUT2D eigenvalue weighted by molar-refractivity contribution is 6.13. The summed E-state index contributed by atoms with van der Waals surface area (Å²) >= 11 is 0. The van der Waals surface area contributed by atoms with E-state index in [-0.39, 0.29) is 5.91 Å². The van der Waals surface area contributed by atoms with Gasteiger partial charge in [-0.15, -0.1) is 0 Å². The molecule has 0 bridgehead atoms. The molecule has 1 heterocycles. The monoisotopic (exact) mass is 375 g/mol. The predicted octanol–water partition coefficient (Wildman–Crippen LogP) is 3.56. The van der Waals surface area contributed by atoms with E-state index in [1.807, 2.05) is 55.4 Å². The zero-order chi connectivity index (χ0) is 19.7. The standard InChI is InChI=1S/C22H21N3O3/c1-24(2)12-13-25-19-14-16(10-11-20(19)28-22(25)27)23-21(26)18-9-5-7-15-6-3-4-8-17(15)18/h3-11,14H,12-13H2,1-2H3,(H,23,26). The molecule has 0 aliphatic rings. The highest BCUT2D eigenvalue weighted by Gasteiger charge is 2.13. The lowest BCUT2D eigenvalue weighted by molar-refractivity contribution is 0.102. The minimum absolute atomic E-state index is 0.193. The second-order valence-corrected chi connectivity index (χ2v) is 6.99. The lowest BCUT2D eigenvalue weighted by Crippen LogP contribution is -2.23. The van der Waals surface area contributed by atoms with Crippen molar-refractivity contribution in [3.8, 4) is 0 Å². The minimum atomic E-state index is -0.394. The Hall–Kier alpha value is -3.38. The van der Waals surface area contributed by atoms with E-state index < -0.39 is 5.76 Å². The topological polar surface area (TPSA) is 67.5 Å². The average molecular weight is 375 g/mol. The first-order chi connectivity index (χ1) is 13.5. The normalized spacial score (nSPS) is 11.4. The van der Waals surface area contributed by atoms with Crippen LogP contribution in [0.1, 0.15) is 10.4 Å². The quantitative estimate of drug-likeness (QED) is 0.579. The molecule has 1 aromatic heterocycles. The second kappa shape index (κ2) is 7.32. The first-order valence-corrected chi connectivity index (χ1v) is 9.10. The number of carbonyl (C=O) groups excluding carboxylic acids is 1. The third-order valence-corrected chi connectivity index (χ3v) is 4.73. The number of hydrogen-bond acceptors (Lipinski definition) is 4. The molecule has 4 rings (SSSR count). The van der Waals surface area contributed by atoms with E-state index in [2.05, 4.69) is 5.32 Å². The molecule has 0 radical (unpaired) electrons. The van der Waals surface area contributed by atoms with E-state index >= 15 is 0 Å². The molecule has 0 fully saturated rings. The van der Waals surface area contributed by atoms with Crippen LogP contribution in [0.4, 0.5) is 5.69 Å². The van der Waals surface area contributed by atoms with Gasteiger partial charge in [-0.2, -0.15) is 0 Å². The van der Waals surface area contributed by atoms with Crippen molar-refractivity contribution < 1.29 is 9.21 Å². The zero-order valence-electron chi connectivity index (χ0n) is 15.8. The van der Waals surface area contributed by atoms with Crippen molar-refractivity contribution in [2.45, 2.75) is 6.54 Å². The minimum Gasteiger partial charge on any atom is -0.408 e. The Balaban J connectivity index is 1.66. The van der Waals surface area contributed by atoms with Crippen molar-refractivity contribution in [1.82, 2.24) is 9.47 Å². The summed E-state index contributed by atoms with van der Waals surface area (Å²) in [6.07, 6.45) is 0. The molecule has 6 nitrogen and oxygen atoms in total. The van der Waals surface area contributed by atoms with Gasteiger partial charge in [-0.1, -0.05) is 36.4 Å². The summed E-state index contributed by atoms with van der Waals surface area (Å²) in [5.74, 6) is -0.587. The molecular weight excluding hydrogens is 354 g/mol. The molecule has 0 aliphatic carbocycles. The van der Waals surface area contributed by atoms with Crippen LogP contribution in [0.5, 0.6) is 0 Å². The number of fused-ring (bicyclic) bond motifs is 2.